The quantitative estimate of drug-likeness (QED) is 0.260. The average Bonchev–Trinajstić information content (AvgIpc) is 3.82. The van der Waals surface area contributed by atoms with Crippen molar-refractivity contribution in [2.45, 2.75) is 57.8 Å². The molecule has 0 radical (unpaired) electrons. The minimum atomic E-state index is -0.346. The molecular weight excluding hydrogens is 685 g/mol. The number of piperazine rings is 1. The van der Waals surface area contributed by atoms with Crippen LogP contribution in [0, 0.1) is 5.41 Å². The van der Waals surface area contributed by atoms with Gasteiger partial charge in [-0.3, -0.25) is 19.1 Å². The van der Waals surface area contributed by atoms with Gasteiger partial charge >= 0.3 is 0 Å². The fourth-order valence-corrected chi connectivity index (χ4v) is 8.54. The molecule has 5 aromatic heterocycles. The van der Waals surface area contributed by atoms with Crippen LogP contribution in [0.2, 0.25) is 0 Å². The maximum Gasteiger partial charge on any atom is 0.280 e. The van der Waals surface area contributed by atoms with Crippen LogP contribution in [0.3, 0.4) is 0 Å². The zero-order valence-corrected chi connectivity index (χ0v) is 31.0. The van der Waals surface area contributed by atoms with Crippen LogP contribution in [0.4, 0.5) is 17.2 Å². The summed E-state index contributed by atoms with van der Waals surface area (Å²) in [5.74, 6) is 0.922. The van der Waals surface area contributed by atoms with Crippen molar-refractivity contribution >= 4 is 49.7 Å². The van der Waals surface area contributed by atoms with Crippen LogP contribution >= 0.6 is 27.0 Å². The first-order valence-electron chi connectivity index (χ1n) is 17.1. The molecule has 12 nitrogen and oxygen atoms in total. The number of hydrogen-bond donors (Lipinski definition) is 2. The molecule has 0 saturated carbocycles. The standard InChI is InChI=1S/C37H40N8O4.2H2S/c1-37(2)13-22-11-31-36(48)43(9-8-42(31)32(22)14-37)34-29(19-46)28(6-7-38-34)23-10-30(35(47)41(3)16-23)40-33-5-4-24(15-39-33)44-17-26-12-25(44)18-45(26)27-20-49-21-27;;/h4-11,15-16,25-27,46H,12-14,17-21H2,1-3H3,(H,39,40);2*1H2/t25-,26-;;/m0../s1. The summed E-state index contributed by atoms with van der Waals surface area (Å²) in [6.07, 6.45) is 11.9. The number of aryl methyl sites for hydroxylation is 1. The van der Waals surface area contributed by atoms with E-state index in [0.29, 0.717) is 57.7 Å². The van der Waals surface area contributed by atoms with Gasteiger partial charge in [0.15, 0.2) is 0 Å². The lowest BCUT2D eigenvalue weighted by molar-refractivity contribution is -0.0708. The number of aromatic nitrogens is 5. The van der Waals surface area contributed by atoms with Crippen molar-refractivity contribution in [2.75, 3.05) is 36.5 Å². The summed E-state index contributed by atoms with van der Waals surface area (Å²) in [4.78, 5) is 41.4. The number of aliphatic hydroxyl groups is 1. The van der Waals surface area contributed by atoms with Gasteiger partial charge in [0, 0.05) is 73.8 Å². The molecule has 268 valence electrons. The van der Waals surface area contributed by atoms with Gasteiger partial charge in [-0.15, -0.1) is 0 Å². The summed E-state index contributed by atoms with van der Waals surface area (Å²) in [5, 5.41) is 13.9. The van der Waals surface area contributed by atoms with E-state index in [1.807, 2.05) is 28.9 Å². The summed E-state index contributed by atoms with van der Waals surface area (Å²) < 4.78 is 10.4. The Balaban J connectivity index is 0.00000203. The Morgan fingerprint density at radius 1 is 0.980 bits per heavy atom. The Bertz CT molecular complexity index is 2240. The topological polar surface area (TPSA) is 122 Å². The van der Waals surface area contributed by atoms with Crippen LogP contribution in [0.25, 0.3) is 22.5 Å². The van der Waals surface area contributed by atoms with E-state index in [1.165, 1.54) is 26.8 Å². The highest BCUT2D eigenvalue weighted by atomic mass is 32.1. The van der Waals surface area contributed by atoms with E-state index in [9.17, 15) is 14.7 Å². The maximum atomic E-state index is 13.8. The number of nitrogens with zero attached hydrogens (tertiary/aromatic N) is 7. The highest BCUT2D eigenvalue weighted by Crippen LogP contribution is 2.38. The molecule has 14 heteroatoms. The summed E-state index contributed by atoms with van der Waals surface area (Å²) in [7, 11) is 1.70. The van der Waals surface area contributed by atoms with Gasteiger partial charge in [0.1, 0.15) is 22.8 Å². The van der Waals surface area contributed by atoms with Crippen LogP contribution in [-0.2, 0) is 31.2 Å². The first kappa shape index (κ1) is 35.3. The molecule has 0 spiro atoms. The third kappa shape index (κ3) is 5.86. The smallest absolute Gasteiger partial charge is 0.280 e. The van der Waals surface area contributed by atoms with E-state index in [0.717, 1.165) is 44.8 Å². The lowest BCUT2D eigenvalue weighted by Crippen LogP contribution is -2.56. The van der Waals surface area contributed by atoms with E-state index >= 15 is 0 Å². The molecule has 5 aromatic rings. The first-order chi connectivity index (χ1) is 23.7. The fraction of sp³-hybridized carbons (Fsp3) is 0.405. The van der Waals surface area contributed by atoms with Crippen molar-refractivity contribution in [3.8, 4) is 16.9 Å². The van der Waals surface area contributed by atoms with Gasteiger partial charge in [-0.05, 0) is 66.1 Å². The molecule has 2 atom stereocenters. The number of rotatable bonds is 7. The zero-order chi connectivity index (χ0) is 33.6. The van der Waals surface area contributed by atoms with Crippen molar-refractivity contribution in [3.63, 3.8) is 0 Å². The Morgan fingerprint density at radius 2 is 1.80 bits per heavy atom. The largest absolute Gasteiger partial charge is 0.392 e. The minimum Gasteiger partial charge on any atom is -0.392 e. The van der Waals surface area contributed by atoms with Crippen LogP contribution < -0.4 is 21.3 Å². The highest BCUT2D eigenvalue weighted by molar-refractivity contribution is 7.59. The Morgan fingerprint density at radius 3 is 2.49 bits per heavy atom. The van der Waals surface area contributed by atoms with Crippen molar-refractivity contribution < 1.29 is 9.84 Å². The summed E-state index contributed by atoms with van der Waals surface area (Å²) >= 11 is 0. The molecule has 4 aliphatic rings. The van der Waals surface area contributed by atoms with Gasteiger partial charge in [0.2, 0.25) is 0 Å². The molecule has 2 N–H and O–H groups in total. The Hall–Kier alpha value is -4.08. The number of ether oxygens (including phenoxy) is 1. The molecular formula is C37H44N8O4S2. The number of aliphatic hydroxyl groups excluding tert-OH is 1. The molecule has 8 heterocycles. The average molecular weight is 729 g/mol. The van der Waals surface area contributed by atoms with Gasteiger partial charge < -0.3 is 29.0 Å². The number of pyridine rings is 3. The van der Waals surface area contributed by atoms with Gasteiger partial charge in [-0.25, -0.2) is 9.97 Å². The lowest BCUT2D eigenvalue weighted by Gasteiger charge is -2.42. The first-order valence-corrected chi connectivity index (χ1v) is 17.1. The monoisotopic (exact) mass is 728 g/mol. The zero-order valence-electron chi connectivity index (χ0n) is 29.0. The summed E-state index contributed by atoms with van der Waals surface area (Å²) in [5.41, 5.74) is 6.03. The molecule has 0 unspecified atom stereocenters. The van der Waals surface area contributed by atoms with E-state index in [1.54, 1.807) is 37.8 Å². The van der Waals surface area contributed by atoms with Crippen molar-refractivity contribution in [1.82, 2.24) is 28.4 Å². The Labute approximate surface area is 309 Å². The molecule has 1 aliphatic carbocycles. The summed E-state index contributed by atoms with van der Waals surface area (Å²) in [6.45, 7) is 7.89. The third-order valence-electron chi connectivity index (χ3n) is 11.0. The third-order valence-corrected chi connectivity index (χ3v) is 11.0. The molecule has 2 bridgehead atoms. The van der Waals surface area contributed by atoms with E-state index < -0.39 is 0 Å². The predicted molar refractivity (Wildman–Crippen MR) is 208 cm³/mol. The second-order valence-electron chi connectivity index (χ2n) is 14.9. The molecule has 3 saturated heterocycles. The number of hydrogen-bond acceptors (Lipinski definition) is 9. The van der Waals surface area contributed by atoms with E-state index in [2.05, 4.69) is 45.0 Å². The lowest BCUT2D eigenvalue weighted by atomic mass is 9.90. The van der Waals surface area contributed by atoms with E-state index in [-0.39, 0.29) is 50.1 Å². The van der Waals surface area contributed by atoms with Crippen LogP contribution in [0.5, 0.6) is 0 Å². The maximum absolute atomic E-state index is 13.8. The van der Waals surface area contributed by atoms with E-state index in [4.69, 9.17) is 4.74 Å². The van der Waals surface area contributed by atoms with Crippen LogP contribution in [-0.4, -0.2) is 77.9 Å². The van der Waals surface area contributed by atoms with Crippen LogP contribution in [0.1, 0.15) is 37.1 Å². The van der Waals surface area contributed by atoms with Crippen molar-refractivity contribution in [1.29, 1.82) is 0 Å². The molecule has 0 amide bonds. The summed E-state index contributed by atoms with van der Waals surface area (Å²) in [6, 6.07) is 11.1. The second-order valence-corrected chi connectivity index (χ2v) is 14.9. The van der Waals surface area contributed by atoms with Gasteiger partial charge in [0.05, 0.1) is 37.7 Å². The highest BCUT2D eigenvalue weighted by Gasteiger charge is 2.47. The number of anilines is 3. The fourth-order valence-electron chi connectivity index (χ4n) is 8.54. The molecule has 3 aliphatic heterocycles. The van der Waals surface area contributed by atoms with Gasteiger partial charge in [-0.2, -0.15) is 27.0 Å². The van der Waals surface area contributed by atoms with Gasteiger partial charge in [0.25, 0.3) is 11.1 Å². The Kier molecular flexibility index (Phi) is 9.11. The molecule has 9 rings (SSSR count). The normalized spacial score (nSPS) is 20.6. The number of nitrogens with one attached hydrogen (secondary N) is 1. The minimum absolute atomic E-state index is 0. The van der Waals surface area contributed by atoms with Gasteiger partial charge in [-0.1, -0.05) is 13.8 Å². The SMILES string of the molecule is Cn1cc(-c2ccnc(-n3ccn4c5c(cc4c3=O)CC(C)(C)C5)c2CO)cc(Nc2ccc(N3C[C@@H]4C[C@H]3CN4C3COC3)cn2)c1=O.S.S. The molecule has 3 fully saturated rings. The van der Waals surface area contributed by atoms with Crippen molar-refractivity contribution in [3.05, 3.63) is 98.8 Å². The van der Waals surface area contributed by atoms with Crippen LogP contribution in [0.15, 0.2) is 70.9 Å². The predicted octanol–water partition coefficient (Wildman–Crippen LogP) is 3.49. The number of fused-ring (bicyclic) bond motifs is 5. The van der Waals surface area contributed by atoms with Crippen molar-refractivity contribution in [2.24, 2.45) is 12.5 Å². The molecule has 0 aromatic carbocycles. The molecule has 51 heavy (non-hydrogen) atoms. The number of likely N-dealkylation sites (tertiary alicyclic amines) is 1. The second kappa shape index (κ2) is 13.2.